The number of esters is 1. The average molecular weight is 340 g/mol. The van der Waals surface area contributed by atoms with Crippen molar-refractivity contribution in [1.82, 2.24) is 4.90 Å². The van der Waals surface area contributed by atoms with E-state index in [0.717, 1.165) is 11.1 Å². The molecule has 108 valence electrons. The summed E-state index contributed by atoms with van der Waals surface area (Å²) in [5.74, 6) is -0.416. The van der Waals surface area contributed by atoms with Gasteiger partial charge in [-0.3, -0.25) is 4.79 Å². The number of benzene rings is 1. The summed E-state index contributed by atoms with van der Waals surface area (Å²) in [6, 6.07) is 7.36. The fraction of sp³-hybridized carbons (Fsp3) is 0.467. The van der Waals surface area contributed by atoms with Crippen molar-refractivity contribution in [2.45, 2.75) is 37.2 Å². The second kappa shape index (κ2) is 6.39. The van der Waals surface area contributed by atoms with E-state index in [2.05, 4.69) is 15.9 Å². The number of carbonyl (C=O) groups is 2. The molecule has 2 atom stereocenters. The highest BCUT2D eigenvalue weighted by molar-refractivity contribution is 9.10. The van der Waals surface area contributed by atoms with Gasteiger partial charge in [0.25, 0.3) is 0 Å². The van der Waals surface area contributed by atoms with E-state index in [1.807, 2.05) is 31.2 Å². The van der Waals surface area contributed by atoms with Gasteiger partial charge in [-0.05, 0) is 17.5 Å². The molecule has 20 heavy (non-hydrogen) atoms. The third-order valence-electron chi connectivity index (χ3n) is 3.63. The predicted molar refractivity (Wildman–Crippen MR) is 79.5 cm³/mol. The van der Waals surface area contributed by atoms with Crippen molar-refractivity contribution in [2.75, 3.05) is 7.11 Å². The Morgan fingerprint density at radius 1 is 1.40 bits per heavy atom. The molecule has 0 aliphatic carbocycles. The molecule has 5 heteroatoms. The Balaban J connectivity index is 2.32. The van der Waals surface area contributed by atoms with E-state index >= 15 is 0 Å². The number of rotatable bonds is 3. The van der Waals surface area contributed by atoms with Crippen molar-refractivity contribution in [3.05, 3.63) is 35.4 Å². The van der Waals surface area contributed by atoms with E-state index in [4.69, 9.17) is 4.74 Å². The first-order valence-corrected chi connectivity index (χ1v) is 7.59. The number of fused-ring (bicyclic) bond motifs is 1. The number of methoxy groups -OCH3 is 1. The van der Waals surface area contributed by atoms with Crippen molar-refractivity contribution in [2.24, 2.45) is 0 Å². The fourth-order valence-electron chi connectivity index (χ4n) is 2.46. The summed E-state index contributed by atoms with van der Waals surface area (Å²) in [5.41, 5.74) is 2.20. The predicted octanol–water partition coefficient (Wildman–Crippen LogP) is 2.29. The van der Waals surface area contributed by atoms with Gasteiger partial charge in [-0.2, -0.15) is 0 Å². The van der Waals surface area contributed by atoms with Gasteiger partial charge >= 0.3 is 5.97 Å². The van der Waals surface area contributed by atoms with Gasteiger partial charge in [-0.15, -0.1) is 0 Å². The number of ether oxygens (including phenoxy) is 1. The molecule has 1 amide bonds. The van der Waals surface area contributed by atoms with Crippen molar-refractivity contribution >= 4 is 27.8 Å². The zero-order valence-corrected chi connectivity index (χ0v) is 13.2. The second-order valence-corrected chi connectivity index (χ2v) is 5.96. The Hall–Kier alpha value is -1.36. The minimum Gasteiger partial charge on any atom is -0.467 e. The van der Waals surface area contributed by atoms with Crippen LogP contribution in [-0.4, -0.2) is 34.8 Å². The van der Waals surface area contributed by atoms with Crippen molar-refractivity contribution in [3.63, 3.8) is 0 Å². The zero-order valence-electron chi connectivity index (χ0n) is 11.6. The van der Waals surface area contributed by atoms with E-state index in [1.165, 1.54) is 7.11 Å². The molecule has 1 heterocycles. The molecule has 0 saturated heterocycles. The van der Waals surface area contributed by atoms with Crippen LogP contribution in [0.1, 0.15) is 24.5 Å². The molecule has 2 unspecified atom stereocenters. The number of carbonyl (C=O) groups excluding carboxylic acids is 2. The van der Waals surface area contributed by atoms with Crippen LogP contribution in [0.5, 0.6) is 0 Å². The van der Waals surface area contributed by atoms with E-state index in [9.17, 15) is 9.59 Å². The number of hydrogen-bond donors (Lipinski definition) is 0. The minimum atomic E-state index is -0.533. The van der Waals surface area contributed by atoms with Crippen LogP contribution in [0.4, 0.5) is 0 Å². The van der Waals surface area contributed by atoms with Gasteiger partial charge in [0, 0.05) is 13.0 Å². The van der Waals surface area contributed by atoms with Gasteiger partial charge < -0.3 is 9.64 Å². The van der Waals surface area contributed by atoms with Crippen LogP contribution in [0, 0.1) is 0 Å². The normalized spacial score (nSPS) is 19.1. The molecule has 0 N–H and O–H groups in total. The van der Waals surface area contributed by atoms with Gasteiger partial charge in [0.2, 0.25) is 5.91 Å². The first-order chi connectivity index (χ1) is 9.58. The maximum Gasteiger partial charge on any atom is 0.328 e. The molecule has 1 aromatic rings. The lowest BCUT2D eigenvalue weighted by atomic mass is 9.93. The lowest BCUT2D eigenvalue weighted by Gasteiger charge is -2.36. The average Bonchev–Trinajstić information content (AvgIpc) is 2.51. The van der Waals surface area contributed by atoms with Crippen LogP contribution in [0.3, 0.4) is 0 Å². The number of nitrogens with zero attached hydrogens (tertiary/aromatic N) is 1. The van der Waals surface area contributed by atoms with Gasteiger partial charge in [0.15, 0.2) is 0 Å². The summed E-state index contributed by atoms with van der Waals surface area (Å²) in [6.45, 7) is 2.39. The Bertz CT molecular complexity index is 518. The van der Waals surface area contributed by atoms with Crippen LogP contribution >= 0.6 is 15.9 Å². The molecule has 1 aromatic carbocycles. The molecule has 0 radical (unpaired) electrons. The van der Waals surface area contributed by atoms with E-state index < -0.39 is 6.04 Å². The molecule has 1 aliphatic heterocycles. The molecule has 0 fully saturated rings. The second-order valence-electron chi connectivity index (χ2n) is 4.85. The van der Waals surface area contributed by atoms with Gasteiger partial charge in [0.1, 0.15) is 6.04 Å². The lowest BCUT2D eigenvalue weighted by Crippen LogP contribution is -2.51. The van der Waals surface area contributed by atoms with Gasteiger partial charge in [0.05, 0.1) is 11.9 Å². The standard InChI is InChI=1S/C15H18BrNO3/c1-3-12(16)14(18)17-9-11-7-5-4-6-10(11)8-13(17)15(19)20-2/h4-7,12-13H,3,8-9H2,1-2H3. The number of hydrogen-bond acceptors (Lipinski definition) is 3. The quantitative estimate of drug-likeness (QED) is 0.627. The number of alkyl halides is 1. The Labute approximate surface area is 127 Å². The highest BCUT2D eigenvalue weighted by Crippen LogP contribution is 2.26. The van der Waals surface area contributed by atoms with E-state index in [-0.39, 0.29) is 16.7 Å². The molecule has 0 aromatic heterocycles. The molecule has 0 bridgehead atoms. The third-order valence-corrected chi connectivity index (χ3v) is 4.67. The first kappa shape index (κ1) is 15.0. The van der Waals surface area contributed by atoms with Crippen LogP contribution in [0.2, 0.25) is 0 Å². The highest BCUT2D eigenvalue weighted by atomic mass is 79.9. The van der Waals surface area contributed by atoms with Crippen LogP contribution in [-0.2, 0) is 27.3 Å². The summed E-state index contributed by atoms with van der Waals surface area (Å²) in [5, 5.41) is 0. The molecular weight excluding hydrogens is 322 g/mol. The summed E-state index contributed by atoms with van der Waals surface area (Å²) < 4.78 is 4.85. The Morgan fingerprint density at radius 2 is 2.05 bits per heavy atom. The van der Waals surface area contributed by atoms with Gasteiger partial charge in [-0.1, -0.05) is 47.1 Å². The van der Waals surface area contributed by atoms with E-state index in [0.29, 0.717) is 19.4 Å². The fourth-order valence-corrected chi connectivity index (χ4v) is 2.72. The molecular formula is C15H18BrNO3. The van der Waals surface area contributed by atoms with Crippen molar-refractivity contribution in [1.29, 1.82) is 0 Å². The molecule has 1 aliphatic rings. The largest absolute Gasteiger partial charge is 0.467 e. The summed E-state index contributed by atoms with van der Waals surface area (Å²) in [6.07, 6.45) is 1.20. The van der Waals surface area contributed by atoms with Crippen LogP contribution < -0.4 is 0 Å². The zero-order chi connectivity index (χ0) is 14.7. The summed E-state index contributed by atoms with van der Waals surface area (Å²) in [7, 11) is 1.36. The van der Waals surface area contributed by atoms with Gasteiger partial charge in [-0.25, -0.2) is 4.79 Å². The highest BCUT2D eigenvalue weighted by Gasteiger charge is 2.36. The summed E-state index contributed by atoms with van der Waals surface area (Å²) >= 11 is 3.37. The Morgan fingerprint density at radius 3 is 2.65 bits per heavy atom. The maximum atomic E-state index is 12.4. The number of amides is 1. The first-order valence-electron chi connectivity index (χ1n) is 6.67. The van der Waals surface area contributed by atoms with Crippen LogP contribution in [0.15, 0.2) is 24.3 Å². The monoisotopic (exact) mass is 339 g/mol. The Kier molecular flexibility index (Phi) is 4.81. The topological polar surface area (TPSA) is 46.6 Å². The third kappa shape index (κ3) is 2.87. The summed E-state index contributed by atoms with van der Waals surface area (Å²) in [4.78, 5) is 25.8. The number of halogens is 1. The maximum absolute atomic E-state index is 12.4. The molecule has 2 rings (SSSR count). The van der Waals surface area contributed by atoms with Crippen molar-refractivity contribution in [3.8, 4) is 0 Å². The molecule has 0 saturated carbocycles. The minimum absolute atomic E-state index is 0.0580. The van der Waals surface area contributed by atoms with Crippen molar-refractivity contribution < 1.29 is 14.3 Å². The van der Waals surface area contributed by atoms with Crippen LogP contribution in [0.25, 0.3) is 0 Å². The van der Waals surface area contributed by atoms with E-state index in [1.54, 1.807) is 4.90 Å². The SMILES string of the molecule is CCC(Br)C(=O)N1Cc2ccccc2CC1C(=O)OC. The lowest BCUT2D eigenvalue weighted by molar-refractivity contribution is -0.153. The molecule has 0 spiro atoms. The molecule has 4 nitrogen and oxygen atoms in total. The smallest absolute Gasteiger partial charge is 0.328 e.